The van der Waals surface area contributed by atoms with Gasteiger partial charge >= 0.3 is 0 Å². The van der Waals surface area contributed by atoms with E-state index in [1.54, 1.807) is 18.2 Å². The fraction of sp³-hybridized carbons (Fsp3) is 0.200. The van der Waals surface area contributed by atoms with Crippen molar-refractivity contribution in [3.8, 4) is 0 Å². The molecule has 27 heavy (non-hydrogen) atoms. The normalized spacial score (nSPS) is 14.3. The quantitative estimate of drug-likeness (QED) is 0.734. The predicted molar refractivity (Wildman–Crippen MR) is 107 cm³/mol. The zero-order valence-corrected chi connectivity index (χ0v) is 16.4. The first-order valence-corrected chi connectivity index (χ1v) is 9.07. The third-order valence-electron chi connectivity index (χ3n) is 4.29. The fourth-order valence-corrected chi connectivity index (χ4v) is 3.37. The van der Waals surface area contributed by atoms with Gasteiger partial charge in [0.25, 0.3) is 11.8 Å². The molecule has 7 heteroatoms. The molecule has 0 aromatic heterocycles. The van der Waals surface area contributed by atoms with E-state index in [0.29, 0.717) is 15.6 Å². The number of anilines is 1. The molecule has 0 unspecified atom stereocenters. The summed E-state index contributed by atoms with van der Waals surface area (Å²) >= 11 is 12.3. The number of rotatable bonds is 6. The van der Waals surface area contributed by atoms with Gasteiger partial charge in [0.05, 0.1) is 23.7 Å². The SMILES string of the molecule is COCCN1C(=O)C(Nc2ccccc2C)=C(c2ccc(Cl)cc2Cl)C1=O. The van der Waals surface area contributed by atoms with Crippen LogP contribution in [0.25, 0.3) is 5.57 Å². The van der Waals surface area contributed by atoms with Crippen LogP contribution in [-0.4, -0.2) is 37.0 Å². The lowest BCUT2D eigenvalue weighted by molar-refractivity contribution is -0.137. The number of carbonyl (C=O) groups is 2. The smallest absolute Gasteiger partial charge is 0.278 e. The first kappa shape index (κ1) is 19.4. The summed E-state index contributed by atoms with van der Waals surface area (Å²) in [6, 6.07) is 12.3. The second kappa shape index (κ2) is 8.13. The lowest BCUT2D eigenvalue weighted by Crippen LogP contribution is -2.35. The molecule has 2 aromatic carbocycles. The Hall–Kier alpha value is -2.34. The molecule has 3 rings (SSSR count). The summed E-state index contributed by atoms with van der Waals surface area (Å²) in [6.45, 7) is 2.32. The molecular formula is C20H18Cl2N2O3. The van der Waals surface area contributed by atoms with Crippen molar-refractivity contribution in [1.29, 1.82) is 0 Å². The number of hydrogen-bond acceptors (Lipinski definition) is 4. The number of ether oxygens (including phenoxy) is 1. The standard InChI is InChI=1S/C20H18Cl2N2O3/c1-12-5-3-4-6-16(12)23-18-17(14-8-7-13(21)11-15(14)22)19(25)24(20(18)26)9-10-27-2/h3-8,11,23H,9-10H2,1-2H3. The molecule has 0 radical (unpaired) electrons. The second-order valence-electron chi connectivity index (χ2n) is 6.07. The molecule has 5 nitrogen and oxygen atoms in total. The molecule has 140 valence electrons. The highest BCUT2D eigenvalue weighted by molar-refractivity contribution is 6.41. The Kier molecular flexibility index (Phi) is 5.85. The highest BCUT2D eigenvalue weighted by Gasteiger charge is 2.39. The number of benzene rings is 2. The van der Waals surface area contributed by atoms with Crippen molar-refractivity contribution in [3.63, 3.8) is 0 Å². The molecule has 1 N–H and O–H groups in total. The van der Waals surface area contributed by atoms with Crippen LogP contribution in [0.2, 0.25) is 10.0 Å². The van der Waals surface area contributed by atoms with Gasteiger partial charge in [-0.25, -0.2) is 0 Å². The van der Waals surface area contributed by atoms with E-state index in [1.807, 2.05) is 31.2 Å². The van der Waals surface area contributed by atoms with Gasteiger partial charge in [-0.05, 0) is 30.7 Å². The van der Waals surface area contributed by atoms with Crippen LogP contribution in [0.15, 0.2) is 48.2 Å². The lowest BCUT2D eigenvalue weighted by atomic mass is 10.0. The largest absolute Gasteiger partial charge is 0.383 e. The first-order valence-electron chi connectivity index (χ1n) is 8.31. The van der Waals surface area contributed by atoms with Gasteiger partial charge in [0.1, 0.15) is 5.70 Å². The second-order valence-corrected chi connectivity index (χ2v) is 6.91. The molecule has 1 aliphatic rings. The number of aryl methyl sites for hydroxylation is 1. The van der Waals surface area contributed by atoms with Crippen molar-refractivity contribution in [2.45, 2.75) is 6.92 Å². The Labute approximate surface area is 167 Å². The van der Waals surface area contributed by atoms with Gasteiger partial charge in [0.15, 0.2) is 0 Å². The Morgan fingerprint density at radius 3 is 2.48 bits per heavy atom. The molecule has 0 bridgehead atoms. The summed E-state index contributed by atoms with van der Waals surface area (Å²) < 4.78 is 5.02. The van der Waals surface area contributed by atoms with E-state index in [0.717, 1.165) is 16.2 Å². The summed E-state index contributed by atoms with van der Waals surface area (Å²) in [7, 11) is 1.52. The molecule has 0 atom stereocenters. The highest BCUT2D eigenvalue weighted by atomic mass is 35.5. The number of imide groups is 1. The van der Waals surface area contributed by atoms with E-state index >= 15 is 0 Å². The van der Waals surface area contributed by atoms with E-state index < -0.39 is 11.8 Å². The fourth-order valence-electron chi connectivity index (χ4n) is 2.87. The maximum absolute atomic E-state index is 13.0. The van der Waals surface area contributed by atoms with Crippen LogP contribution in [0.4, 0.5) is 5.69 Å². The predicted octanol–water partition coefficient (Wildman–Crippen LogP) is 4.14. The van der Waals surface area contributed by atoms with Crippen LogP contribution in [0.5, 0.6) is 0 Å². The number of carbonyl (C=O) groups excluding carboxylic acids is 2. The summed E-state index contributed by atoms with van der Waals surface area (Å²) in [6.07, 6.45) is 0. The Bertz CT molecular complexity index is 941. The Morgan fingerprint density at radius 1 is 1.07 bits per heavy atom. The molecule has 1 heterocycles. The molecule has 0 fully saturated rings. The Balaban J connectivity index is 2.11. The van der Waals surface area contributed by atoms with Crippen LogP contribution in [0.1, 0.15) is 11.1 Å². The third-order valence-corrected chi connectivity index (χ3v) is 4.84. The zero-order chi connectivity index (χ0) is 19.6. The summed E-state index contributed by atoms with van der Waals surface area (Å²) in [5, 5.41) is 3.87. The minimum Gasteiger partial charge on any atom is -0.383 e. The van der Waals surface area contributed by atoms with Crippen molar-refractivity contribution in [3.05, 3.63) is 69.3 Å². The maximum atomic E-state index is 13.0. The van der Waals surface area contributed by atoms with Crippen LogP contribution in [0, 0.1) is 6.92 Å². The van der Waals surface area contributed by atoms with Crippen LogP contribution in [0.3, 0.4) is 0 Å². The number of nitrogens with one attached hydrogen (secondary N) is 1. The molecular weight excluding hydrogens is 387 g/mol. The van der Waals surface area contributed by atoms with Gasteiger partial charge in [-0.2, -0.15) is 0 Å². The number of amides is 2. The van der Waals surface area contributed by atoms with E-state index in [1.165, 1.54) is 7.11 Å². The third kappa shape index (κ3) is 3.86. The maximum Gasteiger partial charge on any atom is 0.278 e. The Morgan fingerprint density at radius 2 is 1.81 bits per heavy atom. The highest BCUT2D eigenvalue weighted by Crippen LogP contribution is 2.35. The first-order chi connectivity index (χ1) is 12.9. The zero-order valence-electron chi connectivity index (χ0n) is 14.9. The number of halogens is 2. The summed E-state index contributed by atoms with van der Waals surface area (Å²) in [5.41, 5.74) is 2.55. The minimum absolute atomic E-state index is 0.155. The molecule has 2 amide bonds. The van der Waals surface area contributed by atoms with Crippen molar-refractivity contribution in [1.82, 2.24) is 4.90 Å². The number of para-hydroxylation sites is 1. The van der Waals surface area contributed by atoms with E-state index in [2.05, 4.69) is 5.32 Å². The number of methoxy groups -OCH3 is 1. The molecule has 2 aromatic rings. The van der Waals surface area contributed by atoms with Crippen molar-refractivity contribution >= 4 is 46.3 Å². The monoisotopic (exact) mass is 404 g/mol. The van der Waals surface area contributed by atoms with Gasteiger partial charge < -0.3 is 10.1 Å². The van der Waals surface area contributed by atoms with E-state index in [4.69, 9.17) is 27.9 Å². The van der Waals surface area contributed by atoms with Crippen LogP contribution >= 0.6 is 23.2 Å². The summed E-state index contributed by atoms with van der Waals surface area (Å²) in [4.78, 5) is 27.1. The molecule has 0 saturated heterocycles. The van der Waals surface area contributed by atoms with Gasteiger partial charge in [-0.1, -0.05) is 47.5 Å². The lowest BCUT2D eigenvalue weighted by Gasteiger charge is -2.15. The molecule has 1 aliphatic heterocycles. The van der Waals surface area contributed by atoms with Crippen LogP contribution < -0.4 is 5.32 Å². The van der Waals surface area contributed by atoms with E-state index in [-0.39, 0.29) is 24.4 Å². The topological polar surface area (TPSA) is 58.6 Å². The van der Waals surface area contributed by atoms with Gasteiger partial charge in [0, 0.05) is 23.4 Å². The minimum atomic E-state index is -0.419. The molecule has 0 saturated carbocycles. The van der Waals surface area contributed by atoms with Crippen molar-refractivity contribution in [2.24, 2.45) is 0 Å². The molecule has 0 aliphatic carbocycles. The summed E-state index contributed by atoms with van der Waals surface area (Å²) in [5.74, 6) is -0.835. The van der Waals surface area contributed by atoms with E-state index in [9.17, 15) is 9.59 Å². The number of hydrogen-bond donors (Lipinski definition) is 1. The van der Waals surface area contributed by atoms with Gasteiger partial charge in [0.2, 0.25) is 0 Å². The number of nitrogens with zero attached hydrogens (tertiary/aromatic N) is 1. The van der Waals surface area contributed by atoms with Crippen LogP contribution in [-0.2, 0) is 14.3 Å². The van der Waals surface area contributed by atoms with Gasteiger partial charge in [-0.3, -0.25) is 14.5 Å². The molecule has 0 spiro atoms. The average molecular weight is 405 g/mol. The van der Waals surface area contributed by atoms with Crippen molar-refractivity contribution < 1.29 is 14.3 Å². The van der Waals surface area contributed by atoms with Gasteiger partial charge in [-0.15, -0.1) is 0 Å². The van der Waals surface area contributed by atoms with Crippen molar-refractivity contribution in [2.75, 3.05) is 25.6 Å². The average Bonchev–Trinajstić information content (AvgIpc) is 2.86.